The molecule has 0 radical (unpaired) electrons. The topological polar surface area (TPSA) is 0 Å². The van der Waals surface area contributed by atoms with Gasteiger partial charge in [0.15, 0.2) is 0 Å². The lowest BCUT2D eigenvalue weighted by Crippen LogP contribution is -2.54. The predicted molar refractivity (Wildman–Crippen MR) is 265 cm³/mol. The summed E-state index contributed by atoms with van der Waals surface area (Å²) in [6.45, 7) is 10.0. The molecule has 8 aromatic rings. The van der Waals surface area contributed by atoms with Crippen LogP contribution < -0.4 is 20.7 Å². The molecule has 0 saturated heterocycles. The van der Waals surface area contributed by atoms with E-state index in [9.17, 15) is 0 Å². The minimum atomic E-state index is -2.09. The van der Waals surface area contributed by atoms with Gasteiger partial charge in [-0.1, -0.05) is 236 Å². The molecule has 1 atom stereocenters. The van der Waals surface area contributed by atoms with Crippen molar-refractivity contribution in [2.75, 3.05) is 0 Å². The lowest BCUT2D eigenvalue weighted by atomic mass is 9.71. The van der Waals surface area contributed by atoms with Crippen molar-refractivity contribution in [1.82, 2.24) is 0 Å². The minimum absolute atomic E-state index is 0.374. The molecule has 8 aromatic carbocycles. The Morgan fingerprint density at radius 1 is 0.433 bits per heavy atom. The zero-order valence-corrected chi connectivity index (χ0v) is 36.8. The maximum absolute atomic E-state index is 2.54. The summed E-state index contributed by atoms with van der Waals surface area (Å²) >= 11 is 0. The van der Waals surface area contributed by atoms with Crippen LogP contribution >= 0.6 is 0 Å². The maximum Gasteiger partial charge on any atom is 0.113 e. The van der Waals surface area contributed by atoms with Gasteiger partial charge in [-0.3, -0.25) is 0 Å². The van der Waals surface area contributed by atoms with Gasteiger partial charge in [0, 0.05) is 5.92 Å². The summed E-state index contributed by atoms with van der Waals surface area (Å²) in [7, 11) is -3.94. The van der Waals surface area contributed by atoms with Gasteiger partial charge in [-0.2, -0.15) is 0 Å². The van der Waals surface area contributed by atoms with Crippen molar-refractivity contribution >= 4 is 64.5 Å². The molecule has 0 aliphatic heterocycles. The second kappa shape index (κ2) is 14.2. The molecule has 0 fully saturated rings. The van der Waals surface area contributed by atoms with E-state index in [1.54, 1.807) is 5.56 Å². The van der Waals surface area contributed by atoms with Crippen LogP contribution in [0.1, 0.15) is 22.6 Å². The van der Waals surface area contributed by atoms with Crippen LogP contribution in [-0.4, -0.2) is 16.1 Å². The molecule has 0 N–H and O–H groups in total. The summed E-state index contributed by atoms with van der Waals surface area (Å²) in [6, 6.07) is 62.3. The van der Waals surface area contributed by atoms with Crippen molar-refractivity contribution in [2.45, 2.75) is 38.5 Å². The molecule has 3 aliphatic carbocycles. The third kappa shape index (κ3) is 5.84. The van der Waals surface area contributed by atoms with Crippen molar-refractivity contribution in [2.24, 2.45) is 0 Å². The molecule has 0 aromatic heterocycles. The lowest BCUT2D eigenvalue weighted by molar-refractivity contribution is 0.894. The van der Waals surface area contributed by atoms with E-state index in [2.05, 4.69) is 226 Å². The van der Waals surface area contributed by atoms with Gasteiger partial charge in [0.25, 0.3) is 0 Å². The molecule has 0 nitrogen and oxygen atoms in total. The molecule has 1 unspecified atom stereocenters. The number of benzene rings is 8. The number of hydrogen-bond donors (Lipinski definition) is 0. The van der Waals surface area contributed by atoms with E-state index in [0.29, 0.717) is 5.92 Å². The fraction of sp³-hybridized carbons (Fsp3) is 0.103. The molecule has 60 heavy (non-hydrogen) atoms. The van der Waals surface area contributed by atoms with Crippen LogP contribution in [0.2, 0.25) is 26.2 Å². The summed E-state index contributed by atoms with van der Waals surface area (Å²) in [5.41, 5.74) is 15.0. The summed E-state index contributed by atoms with van der Waals surface area (Å²) in [5.74, 6) is 0.374. The summed E-state index contributed by atoms with van der Waals surface area (Å²) in [4.78, 5) is 0. The molecule has 0 saturated carbocycles. The smallest absolute Gasteiger partial charge is 0.0759 e. The van der Waals surface area contributed by atoms with E-state index in [4.69, 9.17) is 0 Å². The van der Waals surface area contributed by atoms with E-state index in [0.717, 1.165) is 6.42 Å². The molecule has 11 rings (SSSR count). The average molecular weight is 801 g/mol. The van der Waals surface area contributed by atoms with Crippen LogP contribution in [-0.2, 0) is 6.42 Å². The van der Waals surface area contributed by atoms with E-state index in [1.165, 1.54) is 97.9 Å². The van der Waals surface area contributed by atoms with Crippen molar-refractivity contribution < 1.29 is 0 Å². The highest BCUT2D eigenvalue weighted by molar-refractivity contribution is 7.01. The lowest BCUT2D eigenvalue weighted by Gasteiger charge is -2.36. The third-order valence-electron chi connectivity index (χ3n) is 14.0. The molecular formula is C58H48Si2. The van der Waals surface area contributed by atoms with Crippen LogP contribution in [0.25, 0.3) is 61.0 Å². The summed E-state index contributed by atoms with van der Waals surface area (Å²) in [5, 5.41) is 11.1. The second-order valence-electron chi connectivity index (χ2n) is 18.0. The standard InChI is InChI=1S/C58H48Si2/c1-59(2,46-18-9-6-10-19-46)47-31-24-43(25-32-47)57-50-21-12-11-20-49(50)56(51-35-29-45(38-53(51)57)39-14-7-5-8-15-39)42-26-33-48(34-27-42)60(3,4)54-37-30-44-23-22-40-16-13-17-41-28-36-52(54)58(44)55(40)41/h5-22,24-38,55H,23H2,1-4H3. The fourth-order valence-electron chi connectivity index (χ4n) is 10.6. The highest BCUT2D eigenvalue weighted by Gasteiger charge is 2.36. The normalized spacial score (nSPS) is 15.5. The van der Waals surface area contributed by atoms with Gasteiger partial charge in [0.05, 0.1) is 0 Å². The second-order valence-corrected chi connectivity index (χ2v) is 26.8. The number of rotatable bonds is 7. The quantitative estimate of drug-likeness (QED) is 0.111. The first-order valence-electron chi connectivity index (χ1n) is 21.5. The average Bonchev–Trinajstić information content (AvgIpc) is 3.30. The third-order valence-corrected chi connectivity index (χ3v) is 21.1. The first-order chi connectivity index (χ1) is 29.3. The Kier molecular flexibility index (Phi) is 8.67. The van der Waals surface area contributed by atoms with Crippen LogP contribution in [0, 0.1) is 0 Å². The monoisotopic (exact) mass is 800 g/mol. The van der Waals surface area contributed by atoms with Gasteiger partial charge < -0.3 is 0 Å². The van der Waals surface area contributed by atoms with Gasteiger partial charge in [-0.05, 0) is 100 Å². The van der Waals surface area contributed by atoms with Gasteiger partial charge in [-0.15, -0.1) is 0 Å². The number of allylic oxidation sites excluding steroid dienone is 7. The van der Waals surface area contributed by atoms with Crippen molar-refractivity contribution in [3.63, 3.8) is 0 Å². The Morgan fingerprint density at radius 3 is 1.68 bits per heavy atom. The molecule has 3 aliphatic rings. The molecule has 0 amide bonds. The van der Waals surface area contributed by atoms with Crippen LogP contribution in [0.3, 0.4) is 0 Å². The van der Waals surface area contributed by atoms with Crippen LogP contribution in [0.5, 0.6) is 0 Å². The molecule has 2 heteroatoms. The fourth-order valence-corrected chi connectivity index (χ4v) is 15.6. The van der Waals surface area contributed by atoms with E-state index in [1.807, 2.05) is 0 Å². The first kappa shape index (κ1) is 36.7. The number of hydrogen-bond acceptors (Lipinski definition) is 0. The zero-order chi connectivity index (χ0) is 40.6. The first-order valence-corrected chi connectivity index (χ1v) is 27.5. The molecule has 0 heterocycles. The summed E-state index contributed by atoms with van der Waals surface area (Å²) in [6.07, 6.45) is 15.1. The van der Waals surface area contributed by atoms with Crippen molar-refractivity contribution in [1.29, 1.82) is 0 Å². The Balaban J connectivity index is 1.05. The van der Waals surface area contributed by atoms with E-state index < -0.39 is 16.1 Å². The maximum atomic E-state index is 2.54. The Morgan fingerprint density at radius 2 is 1.00 bits per heavy atom. The highest BCUT2D eigenvalue weighted by Crippen LogP contribution is 2.47. The predicted octanol–water partition coefficient (Wildman–Crippen LogP) is 12.7. The van der Waals surface area contributed by atoms with Crippen LogP contribution in [0.4, 0.5) is 0 Å². The molecule has 0 spiro atoms. The molecule has 0 bridgehead atoms. The van der Waals surface area contributed by atoms with Gasteiger partial charge in [0.2, 0.25) is 0 Å². The Bertz CT molecular complexity index is 3120. The van der Waals surface area contributed by atoms with E-state index >= 15 is 0 Å². The Labute approximate surface area is 356 Å². The van der Waals surface area contributed by atoms with E-state index in [-0.39, 0.29) is 0 Å². The zero-order valence-electron chi connectivity index (χ0n) is 34.8. The van der Waals surface area contributed by atoms with Gasteiger partial charge in [0.1, 0.15) is 16.1 Å². The Hall–Kier alpha value is -6.33. The highest BCUT2D eigenvalue weighted by atomic mass is 28.3. The summed E-state index contributed by atoms with van der Waals surface area (Å²) < 4.78 is 0. The largest absolute Gasteiger partial charge is 0.113 e. The van der Waals surface area contributed by atoms with Crippen molar-refractivity contribution in [3.05, 3.63) is 222 Å². The molecular weight excluding hydrogens is 753 g/mol. The van der Waals surface area contributed by atoms with Crippen molar-refractivity contribution in [3.8, 4) is 33.4 Å². The molecule has 288 valence electrons. The SMILES string of the molecule is C[Si](C)(c1ccccc1)c1ccc(-c2c3ccccc3c(-c3ccc([Si](C)(C)c4ccc5c6c4C=CC4=CC=CC(=CC5)C46)cc3)c3ccc(-c4ccccc4)cc23)cc1. The van der Waals surface area contributed by atoms with Crippen LogP contribution in [0.15, 0.2) is 205 Å². The number of fused-ring (bicyclic) bond motifs is 2. The minimum Gasteiger partial charge on any atom is -0.0759 e. The van der Waals surface area contributed by atoms with Gasteiger partial charge in [-0.25, -0.2) is 0 Å². The van der Waals surface area contributed by atoms with Gasteiger partial charge >= 0.3 is 0 Å².